The van der Waals surface area contributed by atoms with Crippen molar-refractivity contribution in [2.75, 3.05) is 13.1 Å². The summed E-state index contributed by atoms with van der Waals surface area (Å²) in [5.41, 5.74) is 0. The summed E-state index contributed by atoms with van der Waals surface area (Å²) < 4.78 is 0. The second-order valence-corrected chi connectivity index (χ2v) is 7.85. The van der Waals surface area contributed by atoms with Gasteiger partial charge in [0.1, 0.15) is 0 Å². The molecule has 134 valence electrons. The Kier molecular flexibility index (Phi) is 7.68. The molecule has 2 heterocycles. The smallest absolute Gasteiger partial charge is 0.226 e. The summed E-state index contributed by atoms with van der Waals surface area (Å²) in [6, 6.07) is 1.00. The van der Waals surface area contributed by atoms with E-state index < -0.39 is 0 Å². The number of nitrogens with zero attached hydrogens (tertiary/aromatic N) is 1. The Morgan fingerprint density at radius 2 is 1.83 bits per heavy atom. The predicted octanol–water partition coefficient (Wildman–Crippen LogP) is 4.15. The first-order valence-electron chi connectivity index (χ1n) is 9.82. The van der Waals surface area contributed by atoms with E-state index in [0.29, 0.717) is 23.9 Å². The maximum absolute atomic E-state index is 13.3. The number of hydrogen-bond acceptors (Lipinski definition) is 2. The van der Waals surface area contributed by atoms with Crippen LogP contribution in [-0.2, 0) is 4.79 Å². The van der Waals surface area contributed by atoms with Crippen LogP contribution in [0.15, 0.2) is 0 Å². The van der Waals surface area contributed by atoms with E-state index in [9.17, 15) is 4.79 Å². The van der Waals surface area contributed by atoms with Crippen LogP contribution in [0.3, 0.4) is 0 Å². The molecule has 23 heavy (non-hydrogen) atoms. The molecule has 3 nitrogen and oxygen atoms in total. The summed E-state index contributed by atoms with van der Waals surface area (Å²) in [6.07, 6.45) is 13.9. The number of amides is 1. The SMILES string of the molecule is CCCC(CC1CCCCC1)C(=O)N1C2CCNCC1CC2.Cl. The number of fused-ring (bicyclic) bond motifs is 2. The largest absolute Gasteiger partial charge is 0.335 e. The molecule has 2 bridgehead atoms. The molecule has 2 saturated heterocycles. The summed E-state index contributed by atoms with van der Waals surface area (Å²) in [7, 11) is 0. The van der Waals surface area contributed by atoms with Crippen molar-refractivity contribution >= 4 is 18.3 Å². The highest BCUT2D eigenvalue weighted by Crippen LogP contribution is 2.35. The molecule has 3 unspecified atom stereocenters. The number of nitrogens with one attached hydrogen (secondary N) is 1. The van der Waals surface area contributed by atoms with Crippen LogP contribution in [0, 0.1) is 11.8 Å². The fourth-order valence-electron chi connectivity index (χ4n) is 5.07. The van der Waals surface area contributed by atoms with Gasteiger partial charge in [0, 0.05) is 24.5 Å². The Morgan fingerprint density at radius 1 is 1.09 bits per heavy atom. The van der Waals surface area contributed by atoms with Crippen LogP contribution in [0.4, 0.5) is 0 Å². The van der Waals surface area contributed by atoms with Gasteiger partial charge in [-0.3, -0.25) is 4.79 Å². The zero-order valence-electron chi connectivity index (χ0n) is 14.8. The third-order valence-corrected chi connectivity index (χ3v) is 6.24. The molecule has 1 aliphatic carbocycles. The van der Waals surface area contributed by atoms with Crippen molar-refractivity contribution in [3.63, 3.8) is 0 Å². The highest BCUT2D eigenvalue weighted by molar-refractivity contribution is 5.85. The number of halogens is 1. The van der Waals surface area contributed by atoms with Crippen molar-refractivity contribution < 1.29 is 4.79 Å². The lowest BCUT2D eigenvalue weighted by molar-refractivity contribution is -0.139. The van der Waals surface area contributed by atoms with Crippen molar-refractivity contribution in [2.45, 2.75) is 89.6 Å². The molecule has 0 aromatic carbocycles. The number of rotatable bonds is 5. The highest BCUT2D eigenvalue weighted by Gasteiger charge is 2.40. The van der Waals surface area contributed by atoms with Crippen LogP contribution in [0.5, 0.6) is 0 Å². The van der Waals surface area contributed by atoms with Gasteiger partial charge in [-0.25, -0.2) is 0 Å². The van der Waals surface area contributed by atoms with Gasteiger partial charge in [0.2, 0.25) is 5.91 Å². The summed E-state index contributed by atoms with van der Waals surface area (Å²) in [5.74, 6) is 1.62. The predicted molar refractivity (Wildman–Crippen MR) is 98.0 cm³/mol. The quantitative estimate of drug-likeness (QED) is 0.814. The second kappa shape index (κ2) is 9.27. The molecule has 3 rings (SSSR count). The van der Waals surface area contributed by atoms with Gasteiger partial charge in [-0.05, 0) is 44.6 Å². The van der Waals surface area contributed by atoms with E-state index in [2.05, 4.69) is 17.1 Å². The van der Waals surface area contributed by atoms with E-state index in [4.69, 9.17) is 0 Å². The summed E-state index contributed by atoms with van der Waals surface area (Å²) >= 11 is 0. The molecule has 0 aromatic rings. The lowest BCUT2D eigenvalue weighted by Gasteiger charge is -2.33. The van der Waals surface area contributed by atoms with Gasteiger partial charge < -0.3 is 10.2 Å². The maximum atomic E-state index is 13.3. The van der Waals surface area contributed by atoms with Crippen molar-refractivity contribution in [1.82, 2.24) is 10.2 Å². The summed E-state index contributed by atoms with van der Waals surface area (Å²) in [4.78, 5) is 15.6. The van der Waals surface area contributed by atoms with Crippen molar-refractivity contribution in [3.05, 3.63) is 0 Å². The van der Waals surface area contributed by atoms with Crippen molar-refractivity contribution in [1.29, 1.82) is 0 Å². The van der Waals surface area contributed by atoms with Gasteiger partial charge in [-0.1, -0.05) is 45.4 Å². The molecule has 1 amide bonds. The van der Waals surface area contributed by atoms with Gasteiger partial charge in [0.15, 0.2) is 0 Å². The average Bonchev–Trinajstić information content (AvgIpc) is 2.80. The van der Waals surface area contributed by atoms with Crippen molar-refractivity contribution in [3.8, 4) is 0 Å². The van der Waals surface area contributed by atoms with Gasteiger partial charge >= 0.3 is 0 Å². The molecular weight excluding hydrogens is 308 g/mol. The van der Waals surface area contributed by atoms with E-state index in [0.717, 1.165) is 44.7 Å². The van der Waals surface area contributed by atoms with Crippen LogP contribution in [-0.4, -0.2) is 36.0 Å². The lowest BCUT2D eigenvalue weighted by Crippen LogP contribution is -2.46. The molecular formula is C19H35ClN2O. The molecule has 0 spiro atoms. The highest BCUT2D eigenvalue weighted by atomic mass is 35.5. The Hall–Kier alpha value is -0.280. The average molecular weight is 343 g/mol. The first-order chi connectivity index (χ1) is 10.8. The minimum Gasteiger partial charge on any atom is -0.335 e. The fraction of sp³-hybridized carbons (Fsp3) is 0.947. The zero-order chi connectivity index (χ0) is 15.4. The number of carbonyl (C=O) groups is 1. The van der Waals surface area contributed by atoms with Crippen LogP contribution < -0.4 is 5.32 Å². The number of carbonyl (C=O) groups excluding carboxylic acids is 1. The Morgan fingerprint density at radius 3 is 2.57 bits per heavy atom. The van der Waals surface area contributed by atoms with Crippen LogP contribution in [0.25, 0.3) is 0 Å². The van der Waals surface area contributed by atoms with Crippen molar-refractivity contribution in [2.24, 2.45) is 11.8 Å². The molecule has 1 saturated carbocycles. The summed E-state index contributed by atoms with van der Waals surface area (Å²) in [5, 5.41) is 3.52. The van der Waals surface area contributed by atoms with E-state index >= 15 is 0 Å². The molecule has 1 N–H and O–H groups in total. The summed E-state index contributed by atoms with van der Waals surface area (Å²) in [6.45, 7) is 4.34. The topological polar surface area (TPSA) is 32.3 Å². The molecule has 3 atom stereocenters. The van der Waals surface area contributed by atoms with E-state index in [1.807, 2.05) is 0 Å². The van der Waals surface area contributed by atoms with Gasteiger partial charge in [0.05, 0.1) is 0 Å². The van der Waals surface area contributed by atoms with E-state index in [1.165, 1.54) is 44.9 Å². The van der Waals surface area contributed by atoms with Crippen LogP contribution >= 0.6 is 12.4 Å². The molecule has 3 fully saturated rings. The minimum absolute atomic E-state index is 0. The minimum atomic E-state index is 0. The molecule has 3 aliphatic rings. The maximum Gasteiger partial charge on any atom is 0.226 e. The third kappa shape index (κ3) is 4.63. The zero-order valence-corrected chi connectivity index (χ0v) is 15.6. The Labute approximate surface area is 148 Å². The third-order valence-electron chi connectivity index (χ3n) is 6.24. The second-order valence-electron chi connectivity index (χ2n) is 7.85. The normalized spacial score (nSPS) is 29.7. The Balaban J connectivity index is 0.00000192. The molecule has 0 aromatic heterocycles. The molecule has 0 radical (unpaired) electrons. The van der Waals surface area contributed by atoms with Crippen LogP contribution in [0.1, 0.15) is 77.6 Å². The fourth-order valence-corrected chi connectivity index (χ4v) is 5.07. The standard InChI is InChI=1S/C19H34N2O.ClH/c1-2-6-16(13-15-7-4-3-5-8-15)19(22)21-17-9-10-18(21)14-20-12-11-17;/h15-18,20H,2-14H2,1H3;1H. The Bertz CT molecular complexity index is 356. The van der Waals surface area contributed by atoms with Gasteiger partial charge in [0.25, 0.3) is 0 Å². The van der Waals surface area contributed by atoms with Gasteiger partial charge in [-0.15, -0.1) is 12.4 Å². The molecule has 2 aliphatic heterocycles. The van der Waals surface area contributed by atoms with Gasteiger partial charge in [-0.2, -0.15) is 0 Å². The first-order valence-corrected chi connectivity index (χ1v) is 9.82. The lowest BCUT2D eigenvalue weighted by atomic mass is 9.81. The number of hydrogen-bond donors (Lipinski definition) is 1. The van der Waals surface area contributed by atoms with E-state index in [-0.39, 0.29) is 12.4 Å². The monoisotopic (exact) mass is 342 g/mol. The first kappa shape index (κ1) is 19.1. The van der Waals surface area contributed by atoms with Crippen LogP contribution in [0.2, 0.25) is 0 Å². The van der Waals surface area contributed by atoms with E-state index in [1.54, 1.807) is 0 Å². The molecule has 4 heteroatoms.